The van der Waals surface area contributed by atoms with Gasteiger partial charge in [0, 0.05) is 12.6 Å². The average molecular weight is 221 g/mol. The molecule has 1 aromatic rings. The summed E-state index contributed by atoms with van der Waals surface area (Å²) in [6, 6.07) is 10.6. The van der Waals surface area contributed by atoms with Gasteiger partial charge in [0.05, 0.1) is 5.60 Å². The normalized spacial score (nSPS) is 17.1. The van der Waals surface area contributed by atoms with E-state index in [0.29, 0.717) is 6.54 Å². The van der Waals surface area contributed by atoms with Gasteiger partial charge in [0.25, 0.3) is 0 Å². The molecule has 0 saturated carbocycles. The molecule has 1 aromatic carbocycles. The summed E-state index contributed by atoms with van der Waals surface area (Å²) in [5, 5.41) is 13.5. The van der Waals surface area contributed by atoms with Gasteiger partial charge in [-0.2, -0.15) is 0 Å². The van der Waals surface area contributed by atoms with E-state index in [4.69, 9.17) is 0 Å². The zero-order valence-corrected chi connectivity index (χ0v) is 10.7. The molecule has 90 valence electrons. The molecule has 1 unspecified atom stereocenters. The quantitative estimate of drug-likeness (QED) is 0.801. The van der Waals surface area contributed by atoms with Gasteiger partial charge < -0.3 is 10.4 Å². The molecule has 0 amide bonds. The smallest absolute Gasteiger partial charge is 0.0766 e. The van der Waals surface area contributed by atoms with E-state index in [0.717, 1.165) is 0 Å². The molecule has 0 aliphatic rings. The first kappa shape index (κ1) is 13.2. The molecule has 0 heterocycles. The van der Waals surface area contributed by atoms with Crippen LogP contribution in [0.4, 0.5) is 0 Å². The summed E-state index contributed by atoms with van der Waals surface area (Å²) < 4.78 is 0. The van der Waals surface area contributed by atoms with Crippen LogP contribution in [0.25, 0.3) is 0 Å². The molecular weight excluding hydrogens is 198 g/mol. The highest BCUT2D eigenvalue weighted by atomic mass is 16.3. The fourth-order valence-electron chi connectivity index (χ4n) is 1.42. The summed E-state index contributed by atoms with van der Waals surface area (Å²) in [6.45, 7) is 8.68. The summed E-state index contributed by atoms with van der Waals surface area (Å²) in [4.78, 5) is 0. The van der Waals surface area contributed by atoms with Crippen LogP contribution >= 0.6 is 0 Å². The highest BCUT2D eigenvalue weighted by molar-refractivity contribution is 5.18. The van der Waals surface area contributed by atoms with Crippen LogP contribution in [0.5, 0.6) is 0 Å². The first-order valence-corrected chi connectivity index (χ1v) is 5.94. The van der Waals surface area contributed by atoms with Crippen LogP contribution in [0.1, 0.15) is 39.3 Å². The van der Waals surface area contributed by atoms with E-state index in [1.807, 2.05) is 39.0 Å². The Morgan fingerprint density at radius 3 is 2.25 bits per heavy atom. The topological polar surface area (TPSA) is 32.3 Å². The minimum absolute atomic E-state index is 0.253. The first-order chi connectivity index (χ1) is 7.43. The van der Waals surface area contributed by atoms with Gasteiger partial charge in [-0.15, -0.1) is 0 Å². The standard InChI is InChI=1S/C14H23NO/c1-11(2)14(4,16)10-15-12(3)13-8-6-5-7-9-13/h5-9,11-12,15-16H,10H2,1-4H3/t12-,14?/m1/s1. The number of hydrogen-bond acceptors (Lipinski definition) is 2. The molecule has 0 aromatic heterocycles. The molecule has 0 bridgehead atoms. The second kappa shape index (κ2) is 5.46. The van der Waals surface area contributed by atoms with E-state index in [9.17, 15) is 5.11 Å². The second-order valence-corrected chi connectivity index (χ2v) is 5.03. The maximum Gasteiger partial charge on any atom is 0.0766 e. The van der Waals surface area contributed by atoms with Crippen molar-refractivity contribution < 1.29 is 5.11 Å². The molecule has 0 fully saturated rings. The third-order valence-corrected chi connectivity index (χ3v) is 3.31. The van der Waals surface area contributed by atoms with Gasteiger partial charge in [-0.05, 0) is 25.3 Å². The van der Waals surface area contributed by atoms with Crippen molar-refractivity contribution in [1.29, 1.82) is 0 Å². The predicted molar refractivity (Wildman–Crippen MR) is 68.3 cm³/mol. The van der Waals surface area contributed by atoms with Crippen LogP contribution in [0.15, 0.2) is 30.3 Å². The summed E-state index contributed by atoms with van der Waals surface area (Å²) in [6.07, 6.45) is 0. The molecule has 16 heavy (non-hydrogen) atoms. The number of rotatable bonds is 5. The van der Waals surface area contributed by atoms with Gasteiger partial charge in [-0.25, -0.2) is 0 Å². The maximum atomic E-state index is 10.1. The Hall–Kier alpha value is -0.860. The van der Waals surface area contributed by atoms with Crippen molar-refractivity contribution in [1.82, 2.24) is 5.32 Å². The Kier molecular flexibility index (Phi) is 4.51. The van der Waals surface area contributed by atoms with Gasteiger partial charge in [0.15, 0.2) is 0 Å². The molecule has 0 aliphatic heterocycles. The molecule has 2 N–H and O–H groups in total. The van der Waals surface area contributed by atoms with Crippen LogP contribution in [0, 0.1) is 5.92 Å². The minimum Gasteiger partial charge on any atom is -0.389 e. The number of benzene rings is 1. The van der Waals surface area contributed by atoms with E-state index in [1.165, 1.54) is 5.56 Å². The van der Waals surface area contributed by atoms with Gasteiger partial charge in [-0.1, -0.05) is 44.2 Å². The van der Waals surface area contributed by atoms with E-state index in [1.54, 1.807) is 0 Å². The largest absolute Gasteiger partial charge is 0.389 e. The lowest BCUT2D eigenvalue weighted by molar-refractivity contribution is 0.0122. The van der Waals surface area contributed by atoms with E-state index < -0.39 is 5.60 Å². The predicted octanol–water partition coefficient (Wildman–Crippen LogP) is 2.74. The highest BCUT2D eigenvalue weighted by Gasteiger charge is 2.25. The molecule has 2 nitrogen and oxygen atoms in total. The molecule has 0 radical (unpaired) electrons. The van der Waals surface area contributed by atoms with E-state index in [-0.39, 0.29) is 12.0 Å². The lowest BCUT2D eigenvalue weighted by atomic mass is 9.92. The number of hydrogen-bond donors (Lipinski definition) is 2. The fraction of sp³-hybridized carbons (Fsp3) is 0.571. The van der Waals surface area contributed by atoms with Gasteiger partial charge in [0.1, 0.15) is 0 Å². The Morgan fingerprint density at radius 2 is 1.75 bits per heavy atom. The Balaban J connectivity index is 2.51. The van der Waals surface area contributed by atoms with Crippen molar-refractivity contribution in [2.24, 2.45) is 5.92 Å². The maximum absolute atomic E-state index is 10.1. The fourth-order valence-corrected chi connectivity index (χ4v) is 1.42. The van der Waals surface area contributed by atoms with E-state index in [2.05, 4.69) is 24.4 Å². The van der Waals surface area contributed by atoms with Crippen LogP contribution in [0.3, 0.4) is 0 Å². The third kappa shape index (κ3) is 3.62. The minimum atomic E-state index is -0.650. The third-order valence-electron chi connectivity index (χ3n) is 3.31. The van der Waals surface area contributed by atoms with Gasteiger partial charge in [0.2, 0.25) is 0 Å². The summed E-state index contributed by atoms with van der Waals surface area (Å²) in [7, 11) is 0. The van der Waals surface area contributed by atoms with Crippen LogP contribution in [0.2, 0.25) is 0 Å². The SMILES string of the molecule is CC(C)C(C)(O)CN[C@H](C)c1ccccc1. The van der Waals surface area contributed by atoms with Crippen LogP contribution in [-0.2, 0) is 0 Å². The molecular formula is C14H23NO. The zero-order chi connectivity index (χ0) is 12.2. The molecule has 0 aliphatic carbocycles. The van der Waals surface area contributed by atoms with E-state index >= 15 is 0 Å². The lowest BCUT2D eigenvalue weighted by Gasteiger charge is -2.29. The molecule has 0 saturated heterocycles. The van der Waals surface area contributed by atoms with Crippen molar-refractivity contribution >= 4 is 0 Å². The number of aliphatic hydroxyl groups is 1. The highest BCUT2D eigenvalue weighted by Crippen LogP contribution is 2.17. The van der Waals surface area contributed by atoms with Crippen molar-refractivity contribution in [3.63, 3.8) is 0 Å². The summed E-state index contributed by atoms with van der Waals surface area (Å²) in [5.41, 5.74) is 0.602. The molecule has 2 atom stereocenters. The van der Waals surface area contributed by atoms with Crippen LogP contribution < -0.4 is 5.32 Å². The van der Waals surface area contributed by atoms with Crippen molar-refractivity contribution in [2.75, 3.05) is 6.54 Å². The monoisotopic (exact) mass is 221 g/mol. The summed E-state index contributed by atoms with van der Waals surface area (Å²) >= 11 is 0. The zero-order valence-electron chi connectivity index (χ0n) is 10.7. The van der Waals surface area contributed by atoms with Crippen molar-refractivity contribution in [3.05, 3.63) is 35.9 Å². The first-order valence-electron chi connectivity index (χ1n) is 5.94. The Morgan fingerprint density at radius 1 is 1.19 bits per heavy atom. The lowest BCUT2D eigenvalue weighted by Crippen LogP contribution is -2.42. The van der Waals surface area contributed by atoms with Crippen LogP contribution in [-0.4, -0.2) is 17.3 Å². The van der Waals surface area contributed by atoms with Crippen molar-refractivity contribution in [3.8, 4) is 0 Å². The van der Waals surface area contributed by atoms with Gasteiger partial charge >= 0.3 is 0 Å². The Bertz CT molecular complexity index is 306. The molecule has 0 spiro atoms. The summed E-state index contributed by atoms with van der Waals surface area (Å²) in [5.74, 6) is 0.253. The number of nitrogens with one attached hydrogen (secondary N) is 1. The van der Waals surface area contributed by atoms with Crippen molar-refractivity contribution in [2.45, 2.75) is 39.3 Å². The van der Waals surface area contributed by atoms with Gasteiger partial charge in [-0.3, -0.25) is 0 Å². The molecule has 1 rings (SSSR count). The Labute approximate surface area is 98.7 Å². The second-order valence-electron chi connectivity index (χ2n) is 5.03. The average Bonchev–Trinajstić information content (AvgIpc) is 2.27. The molecule has 2 heteroatoms.